The molecule has 0 saturated heterocycles. The SMILES string of the molecule is COC(=O)CCCNc1nc(CNc2ccsc2C(=O)Nc2ccc3c(c2)OC(F)(F)O3)cc(OC)n1. The van der Waals surface area contributed by atoms with Gasteiger partial charge in [0.1, 0.15) is 4.88 Å². The number of hydrogen-bond acceptors (Lipinski definition) is 11. The zero-order valence-corrected chi connectivity index (χ0v) is 20.6. The number of alkyl halides is 2. The van der Waals surface area contributed by atoms with Gasteiger partial charge in [-0.3, -0.25) is 9.59 Å². The predicted molar refractivity (Wildman–Crippen MR) is 131 cm³/mol. The molecule has 0 atom stereocenters. The van der Waals surface area contributed by atoms with Gasteiger partial charge in [0.15, 0.2) is 11.5 Å². The van der Waals surface area contributed by atoms with Gasteiger partial charge in [0.2, 0.25) is 11.8 Å². The first-order chi connectivity index (χ1) is 17.8. The molecule has 14 heteroatoms. The van der Waals surface area contributed by atoms with Crippen LogP contribution in [0.5, 0.6) is 17.4 Å². The van der Waals surface area contributed by atoms with Crippen LogP contribution < -0.4 is 30.2 Å². The molecule has 3 heterocycles. The first-order valence-corrected chi connectivity index (χ1v) is 11.9. The third-order valence-electron chi connectivity index (χ3n) is 5.02. The number of thiophene rings is 1. The lowest BCUT2D eigenvalue weighted by Crippen LogP contribution is -2.25. The van der Waals surface area contributed by atoms with Crippen LogP contribution >= 0.6 is 11.3 Å². The second-order valence-corrected chi connectivity index (χ2v) is 8.55. The quantitative estimate of drug-likeness (QED) is 0.243. The molecule has 0 unspecified atom stereocenters. The lowest BCUT2D eigenvalue weighted by molar-refractivity contribution is -0.286. The van der Waals surface area contributed by atoms with E-state index in [1.807, 2.05) is 0 Å². The number of esters is 1. The molecule has 0 radical (unpaired) electrons. The molecule has 1 aliphatic heterocycles. The van der Waals surface area contributed by atoms with Crippen molar-refractivity contribution < 1.29 is 37.3 Å². The Kier molecular flexibility index (Phi) is 7.86. The number of amides is 1. The molecule has 4 rings (SSSR count). The van der Waals surface area contributed by atoms with Crippen molar-refractivity contribution in [2.24, 2.45) is 0 Å². The van der Waals surface area contributed by atoms with E-state index in [-0.39, 0.29) is 36.1 Å². The fraction of sp³-hybridized carbons (Fsp3) is 0.304. The number of halogens is 2. The number of hydrogen-bond donors (Lipinski definition) is 3. The molecule has 0 bridgehead atoms. The average Bonchev–Trinajstić information content (AvgIpc) is 3.47. The van der Waals surface area contributed by atoms with E-state index in [9.17, 15) is 18.4 Å². The number of ether oxygens (including phenoxy) is 4. The number of rotatable bonds is 11. The molecule has 2 aromatic heterocycles. The van der Waals surface area contributed by atoms with Crippen LogP contribution in [0.2, 0.25) is 0 Å². The van der Waals surface area contributed by atoms with E-state index in [1.54, 1.807) is 17.5 Å². The second kappa shape index (κ2) is 11.2. The zero-order chi connectivity index (χ0) is 26.4. The zero-order valence-electron chi connectivity index (χ0n) is 19.8. The number of carbonyl (C=O) groups is 2. The molecule has 0 spiro atoms. The van der Waals surface area contributed by atoms with E-state index in [1.165, 1.54) is 43.8 Å². The van der Waals surface area contributed by atoms with E-state index in [2.05, 4.69) is 40.1 Å². The van der Waals surface area contributed by atoms with Crippen molar-refractivity contribution in [2.45, 2.75) is 25.7 Å². The molecule has 3 N–H and O–H groups in total. The predicted octanol–water partition coefficient (Wildman–Crippen LogP) is 4.10. The monoisotopic (exact) mass is 535 g/mol. The van der Waals surface area contributed by atoms with E-state index >= 15 is 0 Å². The van der Waals surface area contributed by atoms with Gasteiger partial charge in [-0.1, -0.05) is 0 Å². The Morgan fingerprint density at radius 1 is 1.08 bits per heavy atom. The van der Waals surface area contributed by atoms with Crippen LogP contribution in [0.25, 0.3) is 0 Å². The molecule has 37 heavy (non-hydrogen) atoms. The Bertz CT molecular complexity index is 1290. The maximum Gasteiger partial charge on any atom is 0.586 e. The van der Waals surface area contributed by atoms with Gasteiger partial charge in [-0.2, -0.15) is 4.98 Å². The van der Waals surface area contributed by atoms with Crippen LogP contribution in [0.4, 0.5) is 26.1 Å². The minimum Gasteiger partial charge on any atom is -0.481 e. The first kappa shape index (κ1) is 25.9. The van der Waals surface area contributed by atoms with Gasteiger partial charge in [-0.25, -0.2) is 4.98 Å². The minimum atomic E-state index is -3.74. The van der Waals surface area contributed by atoms with Gasteiger partial charge in [0.25, 0.3) is 5.91 Å². The molecule has 1 amide bonds. The fourth-order valence-electron chi connectivity index (χ4n) is 3.31. The molecule has 3 aromatic rings. The number of nitrogens with one attached hydrogen (secondary N) is 3. The Morgan fingerprint density at radius 3 is 2.68 bits per heavy atom. The first-order valence-electron chi connectivity index (χ1n) is 11.0. The molecule has 0 aliphatic carbocycles. The highest BCUT2D eigenvalue weighted by Gasteiger charge is 2.43. The summed E-state index contributed by atoms with van der Waals surface area (Å²) in [5, 5.41) is 10.6. The van der Waals surface area contributed by atoms with Gasteiger partial charge >= 0.3 is 12.3 Å². The van der Waals surface area contributed by atoms with Gasteiger partial charge in [-0.15, -0.1) is 20.1 Å². The molecular formula is C23H23F2N5O6S. The summed E-state index contributed by atoms with van der Waals surface area (Å²) < 4.78 is 45.2. The third-order valence-corrected chi connectivity index (χ3v) is 5.94. The van der Waals surface area contributed by atoms with Crippen molar-refractivity contribution in [3.63, 3.8) is 0 Å². The van der Waals surface area contributed by atoms with E-state index in [0.29, 0.717) is 41.1 Å². The second-order valence-electron chi connectivity index (χ2n) is 7.63. The highest BCUT2D eigenvalue weighted by molar-refractivity contribution is 7.12. The third kappa shape index (κ3) is 6.73. The summed E-state index contributed by atoms with van der Waals surface area (Å²) in [4.78, 5) is 33.2. The number of benzene rings is 1. The normalized spacial score (nSPS) is 13.1. The molecule has 196 valence electrons. The topological polar surface area (TPSA) is 133 Å². The van der Waals surface area contributed by atoms with Gasteiger partial charge < -0.3 is 34.9 Å². The van der Waals surface area contributed by atoms with E-state index < -0.39 is 12.2 Å². The number of carbonyl (C=O) groups excluding carboxylic acids is 2. The highest BCUT2D eigenvalue weighted by Crippen LogP contribution is 2.42. The van der Waals surface area contributed by atoms with E-state index in [0.717, 1.165) is 0 Å². The summed E-state index contributed by atoms with van der Waals surface area (Å²) in [5.74, 6) is -0.333. The average molecular weight is 536 g/mol. The van der Waals surface area contributed by atoms with Crippen molar-refractivity contribution >= 4 is 40.5 Å². The number of methoxy groups -OCH3 is 2. The Morgan fingerprint density at radius 2 is 1.89 bits per heavy atom. The van der Waals surface area contributed by atoms with Crippen molar-refractivity contribution in [3.8, 4) is 17.4 Å². The Labute approximate surface area is 214 Å². The largest absolute Gasteiger partial charge is 0.586 e. The summed E-state index contributed by atoms with van der Waals surface area (Å²) in [6, 6.07) is 7.39. The van der Waals surface area contributed by atoms with E-state index in [4.69, 9.17) is 4.74 Å². The smallest absolute Gasteiger partial charge is 0.481 e. The van der Waals surface area contributed by atoms with Crippen LogP contribution in [0.15, 0.2) is 35.7 Å². The van der Waals surface area contributed by atoms with Crippen LogP contribution in [0.3, 0.4) is 0 Å². The van der Waals surface area contributed by atoms with Crippen LogP contribution in [-0.2, 0) is 16.1 Å². The molecule has 0 fully saturated rings. The molecule has 11 nitrogen and oxygen atoms in total. The van der Waals surface area contributed by atoms with Crippen LogP contribution in [0.1, 0.15) is 28.2 Å². The molecule has 1 aliphatic rings. The molecule has 0 saturated carbocycles. The number of anilines is 3. The van der Waals surface area contributed by atoms with Crippen molar-refractivity contribution in [1.82, 2.24) is 9.97 Å². The summed E-state index contributed by atoms with van der Waals surface area (Å²) in [6.45, 7) is 0.716. The fourth-order valence-corrected chi connectivity index (χ4v) is 4.07. The van der Waals surface area contributed by atoms with Gasteiger partial charge in [-0.05, 0) is 30.0 Å². The minimum absolute atomic E-state index is 0.112. The van der Waals surface area contributed by atoms with Crippen molar-refractivity contribution in [1.29, 1.82) is 0 Å². The van der Waals surface area contributed by atoms with Crippen LogP contribution in [-0.4, -0.2) is 48.9 Å². The highest BCUT2D eigenvalue weighted by atomic mass is 32.1. The Balaban J connectivity index is 1.37. The lowest BCUT2D eigenvalue weighted by Gasteiger charge is -2.11. The number of nitrogens with zero attached hydrogens (tertiary/aromatic N) is 2. The van der Waals surface area contributed by atoms with Crippen LogP contribution in [0, 0.1) is 0 Å². The van der Waals surface area contributed by atoms with Gasteiger partial charge in [0, 0.05) is 30.8 Å². The summed E-state index contributed by atoms with van der Waals surface area (Å²) >= 11 is 1.21. The lowest BCUT2D eigenvalue weighted by atomic mass is 10.2. The molecular weight excluding hydrogens is 512 g/mol. The van der Waals surface area contributed by atoms with Gasteiger partial charge in [0.05, 0.1) is 32.1 Å². The maximum atomic E-state index is 13.2. The number of aromatic nitrogens is 2. The summed E-state index contributed by atoms with van der Waals surface area (Å²) in [6.07, 6.45) is -2.93. The molecule has 1 aromatic carbocycles. The Hall–Kier alpha value is -4.20. The summed E-state index contributed by atoms with van der Waals surface area (Å²) in [7, 11) is 2.82. The summed E-state index contributed by atoms with van der Waals surface area (Å²) in [5.41, 5.74) is 1.42. The van der Waals surface area contributed by atoms with Crippen molar-refractivity contribution in [2.75, 3.05) is 36.7 Å². The number of fused-ring (bicyclic) bond motifs is 1. The van der Waals surface area contributed by atoms with Crippen molar-refractivity contribution in [3.05, 3.63) is 46.3 Å². The maximum absolute atomic E-state index is 13.2. The standard InChI is InChI=1S/C23H23F2N5O6S/c1-33-18-11-14(29-22(30-18)26-8-3-4-19(31)34-2)12-27-15-7-9-37-20(15)21(32)28-13-5-6-16-17(10-13)36-23(24,25)35-16/h5-7,9-11,27H,3-4,8,12H2,1-2H3,(H,28,32)(H,26,29,30).